The third-order valence-electron chi connectivity index (χ3n) is 2.79. The van der Waals surface area contributed by atoms with Gasteiger partial charge in [-0.3, -0.25) is 0 Å². The van der Waals surface area contributed by atoms with Crippen molar-refractivity contribution in [2.45, 2.75) is 6.54 Å². The number of fused-ring (bicyclic) bond motifs is 1. The Bertz CT molecular complexity index is 613. The van der Waals surface area contributed by atoms with Crippen molar-refractivity contribution in [3.63, 3.8) is 0 Å². The Morgan fingerprint density at radius 3 is 2.79 bits per heavy atom. The fraction of sp³-hybridized carbons (Fsp3) is 0.214. The number of methoxy groups -OCH3 is 1. The van der Waals surface area contributed by atoms with Crippen LogP contribution in [-0.4, -0.2) is 19.7 Å². The molecule has 0 saturated carbocycles. The first-order chi connectivity index (χ1) is 9.15. The van der Waals surface area contributed by atoms with E-state index in [1.54, 1.807) is 0 Å². The zero-order valence-electron chi connectivity index (χ0n) is 10.5. The van der Waals surface area contributed by atoms with E-state index in [9.17, 15) is 4.79 Å². The van der Waals surface area contributed by atoms with E-state index in [1.807, 2.05) is 30.3 Å². The lowest BCUT2D eigenvalue weighted by Gasteiger charge is -2.10. The number of ether oxygens (including phenoxy) is 2. The predicted octanol–water partition coefficient (Wildman–Crippen LogP) is 2.61. The Balaban J connectivity index is 2.32. The van der Waals surface area contributed by atoms with Gasteiger partial charge in [-0.05, 0) is 44.4 Å². The summed E-state index contributed by atoms with van der Waals surface area (Å²) in [6.45, 7) is 0.398. The quantitative estimate of drug-likeness (QED) is 0.878. The highest BCUT2D eigenvalue weighted by molar-refractivity contribution is 9.10. The predicted molar refractivity (Wildman–Crippen MR) is 77.1 cm³/mol. The average Bonchev–Trinajstić information content (AvgIpc) is 2.45. The van der Waals surface area contributed by atoms with Gasteiger partial charge in [-0.15, -0.1) is 0 Å². The van der Waals surface area contributed by atoms with Gasteiger partial charge in [-0.25, -0.2) is 4.79 Å². The van der Waals surface area contributed by atoms with Crippen LogP contribution < -0.4 is 10.5 Å². The minimum atomic E-state index is -0.412. The second-order valence-corrected chi connectivity index (χ2v) is 4.80. The van der Waals surface area contributed by atoms with Gasteiger partial charge in [-0.2, -0.15) is 0 Å². The van der Waals surface area contributed by atoms with Crippen LogP contribution in [0.3, 0.4) is 0 Å². The Labute approximate surface area is 119 Å². The first kappa shape index (κ1) is 13.8. The van der Waals surface area contributed by atoms with Gasteiger partial charge in [0.2, 0.25) is 0 Å². The van der Waals surface area contributed by atoms with Gasteiger partial charge in [0.05, 0.1) is 11.6 Å². The number of halogens is 1. The van der Waals surface area contributed by atoms with E-state index >= 15 is 0 Å². The number of hydrogen-bond donors (Lipinski definition) is 1. The van der Waals surface area contributed by atoms with Gasteiger partial charge in [-0.1, -0.05) is 18.2 Å². The van der Waals surface area contributed by atoms with Crippen LogP contribution in [0.1, 0.15) is 5.56 Å². The molecule has 0 spiro atoms. The molecule has 0 aliphatic heterocycles. The Kier molecular flexibility index (Phi) is 4.39. The van der Waals surface area contributed by atoms with E-state index in [2.05, 4.69) is 20.7 Å². The average molecular weight is 324 g/mol. The Hall–Kier alpha value is -1.59. The van der Waals surface area contributed by atoms with E-state index in [4.69, 9.17) is 10.5 Å². The number of esters is 1. The Morgan fingerprint density at radius 1 is 1.32 bits per heavy atom. The molecule has 0 amide bonds. The van der Waals surface area contributed by atoms with Crippen LogP contribution in [0.4, 0.5) is 0 Å². The molecule has 2 aromatic rings. The minimum absolute atomic E-state index is 0.110. The molecule has 100 valence electrons. The van der Waals surface area contributed by atoms with Gasteiger partial charge < -0.3 is 15.2 Å². The van der Waals surface area contributed by atoms with E-state index in [0.29, 0.717) is 12.3 Å². The van der Waals surface area contributed by atoms with Crippen LogP contribution in [0.15, 0.2) is 34.8 Å². The van der Waals surface area contributed by atoms with E-state index < -0.39 is 5.97 Å². The second-order valence-electron chi connectivity index (χ2n) is 4.00. The van der Waals surface area contributed by atoms with Gasteiger partial charge in [0.1, 0.15) is 5.75 Å². The minimum Gasteiger partial charge on any atom is -0.481 e. The number of benzene rings is 2. The molecular weight excluding hydrogens is 310 g/mol. The summed E-state index contributed by atoms with van der Waals surface area (Å²) in [7, 11) is 1.33. The van der Waals surface area contributed by atoms with Crippen LogP contribution in [0.5, 0.6) is 5.75 Å². The fourth-order valence-corrected chi connectivity index (χ4v) is 2.36. The second kappa shape index (κ2) is 6.04. The van der Waals surface area contributed by atoms with Crippen molar-refractivity contribution in [1.29, 1.82) is 0 Å². The molecule has 5 heteroatoms. The van der Waals surface area contributed by atoms with Crippen LogP contribution in [-0.2, 0) is 16.1 Å². The molecule has 0 saturated heterocycles. The highest BCUT2D eigenvalue weighted by Gasteiger charge is 2.09. The highest BCUT2D eigenvalue weighted by Crippen LogP contribution is 2.33. The summed E-state index contributed by atoms with van der Waals surface area (Å²) in [5.74, 6) is 0.198. The SMILES string of the molecule is COC(=O)COc1ccc2cc(CN)ccc2c1Br. The van der Waals surface area contributed by atoms with Crippen molar-refractivity contribution in [3.05, 3.63) is 40.4 Å². The number of rotatable bonds is 4. The topological polar surface area (TPSA) is 61.5 Å². The molecule has 0 bridgehead atoms. The molecule has 2 N–H and O–H groups in total. The molecular formula is C14H14BrNO3. The van der Waals surface area contributed by atoms with Gasteiger partial charge in [0.15, 0.2) is 6.61 Å². The largest absolute Gasteiger partial charge is 0.481 e. The molecule has 0 radical (unpaired) electrons. The van der Waals surface area contributed by atoms with Crippen LogP contribution in [0.25, 0.3) is 10.8 Å². The summed E-state index contributed by atoms with van der Waals surface area (Å²) in [6, 6.07) is 9.73. The summed E-state index contributed by atoms with van der Waals surface area (Å²) in [5, 5.41) is 2.08. The molecule has 0 heterocycles. The zero-order valence-corrected chi connectivity index (χ0v) is 12.1. The highest BCUT2D eigenvalue weighted by atomic mass is 79.9. The smallest absolute Gasteiger partial charge is 0.343 e. The lowest BCUT2D eigenvalue weighted by Crippen LogP contribution is -2.12. The fourth-order valence-electron chi connectivity index (χ4n) is 1.76. The maximum atomic E-state index is 11.1. The van der Waals surface area contributed by atoms with Crippen LogP contribution >= 0.6 is 15.9 Å². The van der Waals surface area contributed by atoms with Gasteiger partial charge in [0.25, 0.3) is 0 Å². The van der Waals surface area contributed by atoms with Crippen molar-refractivity contribution >= 4 is 32.7 Å². The van der Waals surface area contributed by atoms with Gasteiger partial charge in [0, 0.05) is 6.54 Å². The summed E-state index contributed by atoms with van der Waals surface area (Å²) >= 11 is 3.49. The normalized spacial score (nSPS) is 10.5. The summed E-state index contributed by atoms with van der Waals surface area (Å²) in [5.41, 5.74) is 6.69. The molecule has 0 atom stereocenters. The van der Waals surface area contributed by atoms with Crippen molar-refractivity contribution in [2.24, 2.45) is 5.73 Å². The monoisotopic (exact) mass is 323 g/mol. The van der Waals surface area contributed by atoms with E-state index in [1.165, 1.54) is 7.11 Å². The molecule has 2 aromatic carbocycles. The summed E-state index contributed by atoms with van der Waals surface area (Å²) in [6.07, 6.45) is 0. The first-order valence-electron chi connectivity index (χ1n) is 5.76. The van der Waals surface area contributed by atoms with Crippen molar-refractivity contribution in [1.82, 2.24) is 0 Å². The molecule has 0 unspecified atom stereocenters. The third kappa shape index (κ3) is 3.05. The number of carbonyl (C=O) groups is 1. The van der Waals surface area contributed by atoms with Crippen molar-refractivity contribution in [3.8, 4) is 5.75 Å². The van der Waals surface area contributed by atoms with Gasteiger partial charge >= 0.3 is 5.97 Å². The molecule has 0 aliphatic carbocycles. The van der Waals surface area contributed by atoms with Crippen molar-refractivity contribution in [2.75, 3.05) is 13.7 Å². The van der Waals surface area contributed by atoms with Crippen LogP contribution in [0.2, 0.25) is 0 Å². The standard InChI is InChI=1S/C14H14BrNO3/c1-18-13(17)8-19-12-5-3-10-6-9(7-16)2-4-11(10)14(12)15/h2-6H,7-8,16H2,1H3. The summed E-state index contributed by atoms with van der Waals surface area (Å²) in [4.78, 5) is 11.1. The number of nitrogens with two attached hydrogens (primary N) is 1. The molecule has 2 rings (SSSR count). The first-order valence-corrected chi connectivity index (χ1v) is 6.56. The molecule has 0 aliphatic rings. The maximum absolute atomic E-state index is 11.1. The lowest BCUT2D eigenvalue weighted by atomic mass is 10.1. The molecule has 4 nitrogen and oxygen atoms in total. The van der Waals surface area contributed by atoms with Crippen molar-refractivity contribution < 1.29 is 14.3 Å². The zero-order chi connectivity index (χ0) is 13.8. The number of carbonyl (C=O) groups excluding carboxylic acids is 1. The third-order valence-corrected chi connectivity index (χ3v) is 3.61. The molecule has 0 aromatic heterocycles. The molecule has 0 fully saturated rings. The van der Waals surface area contributed by atoms with E-state index in [-0.39, 0.29) is 6.61 Å². The van der Waals surface area contributed by atoms with E-state index in [0.717, 1.165) is 20.8 Å². The maximum Gasteiger partial charge on any atom is 0.343 e. The van der Waals surface area contributed by atoms with Crippen LogP contribution in [0, 0.1) is 0 Å². The lowest BCUT2D eigenvalue weighted by molar-refractivity contribution is -0.142. The Morgan fingerprint density at radius 2 is 2.11 bits per heavy atom. The molecule has 19 heavy (non-hydrogen) atoms. The number of hydrogen-bond acceptors (Lipinski definition) is 4. The summed E-state index contributed by atoms with van der Waals surface area (Å²) < 4.78 is 10.8.